The molecule has 0 spiro atoms. The van der Waals surface area contributed by atoms with Crippen LogP contribution in [0.15, 0.2) is 0 Å². The number of ether oxygens (including phenoxy) is 1. The molecular weight excluding hydrogens is 285 g/mol. The fourth-order valence-electron chi connectivity index (χ4n) is 2.45. The zero-order valence-electron chi connectivity index (χ0n) is 12.5. The SMILES string of the molecule is CC(C)(C)C1NCCn2c(CCOCC(F)(F)F)nnc21. The van der Waals surface area contributed by atoms with Crippen molar-refractivity contribution in [2.75, 3.05) is 19.8 Å². The highest BCUT2D eigenvalue weighted by Gasteiger charge is 2.33. The zero-order chi connectivity index (χ0) is 15.7. The van der Waals surface area contributed by atoms with Gasteiger partial charge in [-0.15, -0.1) is 10.2 Å². The summed E-state index contributed by atoms with van der Waals surface area (Å²) in [5.41, 5.74) is -0.00470. The van der Waals surface area contributed by atoms with Crippen LogP contribution in [0.5, 0.6) is 0 Å². The maximum absolute atomic E-state index is 12.0. The van der Waals surface area contributed by atoms with Gasteiger partial charge in [-0.1, -0.05) is 20.8 Å². The first-order chi connectivity index (χ1) is 9.68. The van der Waals surface area contributed by atoms with Gasteiger partial charge in [0.25, 0.3) is 0 Å². The Kier molecular flexibility index (Phi) is 4.57. The number of hydrogen-bond acceptors (Lipinski definition) is 4. The summed E-state index contributed by atoms with van der Waals surface area (Å²) in [5, 5.41) is 11.7. The number of nitrogens with one attached hydrogen (secondary N) is 1. The summed E-state index contributed by atoms with van der Waals surface area (Å²) in [4.78, 5) is 0. The summed E-state index contributed by atoms with van der Waals surface area (Å²) >= 11 is 0. The fourth-order valence-corrected chi connectivity index (χ4v) is 2.45. The molecule has 1 atom stereocenters. The van der Waals surface area contributed by atoms with Crippen LogP contribution in [0.4, 0.5) is 13.2 Å². The minimum atomic E-state index is -4.29. The number of fused-ring (bicyclic) bond motifs is 1. The predicted octanol–water partition coefficient (Wildman–Crippen LogP) is 2.09. The van der Waals surface area contributed by atoms with E-state index in [0.29, 0.717) is 12.2 Å². The van der Waals surface area contributed by atoms with E-state index in [-0.39, 0.29) is 18.1 Å². The van der Waals surface area contributed by atoms with Crippen LogP contribution < -0.4 is 5.32 Å². The van der Waals surface area contributed by atoms with E-state index in [4.69, 9.17) is 0 Å². The Morgan fingerprint density at radius 3 is 2.62 bits per heavy atom. The highest BCUT2D eigenvalue weighted by molar-refractivity contribution is 5.08. The molecule has 8 heteroatoms. The molecular formula is C13H21F3N4O. The van der Waals surface area contributed by atoms with Gasteiger partial charge in [0, 0.05) is 19.5 Å². The standard InChI is InChI=1S/C13H21F3N4O/c1-12(2,3)10-11-19-18-9(20(11)6-5-17-10)4-7-21-8-13(14,15)16/h10,17H,4-8H2,1-3H3. The fraction of sp³-hybridized carbons (Fsp3) is 0.846. The van der Waals surface area contributed by atoms with Gasteiger partial charge >= 0.3 is 6.18 Å². The minimum absolute atomic E-state index is 0.00470. The smallest absolute Gasteiger partial charge is 0.372 e. The molecule has 2 heterocycles. The maximum Gasteiger partial charge on any atom is 0.411 e. The Bertz CT molecular complexity index is 479. The number of rotatable bonds is 4. The molecule has 1 aromatic rings. The number of halogens is 3. The molecule has 21 heavy (non-hydrogen) atoms. The van der Waals surface area contributed by atoms with Crippen molar-refractivity contribution >= 4 is 0 Å². The van der Waals surface area contributed by atoms with Crippen molar-refractivity contribution in [3.63, 3.8) is 0 Å². The third kappa shape index (κ3) is 4.16. The number of alkyl halides is 3. The molecule has 5 nitrogen and oxygen atoms in total. The van der Waals surface area contributed by atoms with Crippen molar-refractivity contribution < 1.29 is 17.9 Å². The van der Waals surface area contributed by atoms with Crippen LogP contribution in [-0.4, -0.2) is 40.7 Å². The van der Waals surface area contributed by atoms with Crippen LogP contribution in [0.3, 0.4) is 0 Å². The van der Waals surface area contributed by atoms with Crippen LogP contribution in [0.2, 0.25) is 0 Å². The van der Waals surface area contributed by atoms with Crippen molar-refractivity contribution in [3.05, 3.63) is 11.6 Å². The molecule has 1 aliphatic rings. The molecule has 120 valence electrons. The van der Waals surface area contributed by atoms with Gasteiger partial charge in [0.2, 0.25) is 0 Å². The lowest BCUT2D eigenvalue weighted by Gasteiger charge is -2.34. The van der Waals surface area contributed by atoms with Gasteiger partial charge < -0.3 is 14.6 Å². The zero-order valence-corrected chi connectivity index (χ0v) is 12.5. The van der Waals surface area contributed by atoms with Crippen molar-refractivity contribution in [1.29, 1.82) is 0 Å². The van der Waals surface area contributed by atoms with Crippen LogP contribution in [0.1, 0.15) is 38.5 Å². The second kappa shape index (κ2) is 5.92. The van der Waals surface area contributed by atoms with Gasteiger partial charge in [0.05, 0.1) is 12.6 Å². The van der Waals surface area contributed by atoms with Gasteiger partial charge in [-0.05, 0) is 5.41 Å². The van der Waals surface area contributed by atoms with Crippen molar-refractivity contribution in [3.8, 4) is 0 Å². The van der Waals surface area contributed by atoms with Crippen LogP contribution >= 0.6 is 0 Å². The van der Waals surface area contributed by atoms with Crippen molar-refractivity contribution in [2.24, 2.45) is 5.41 Å². The van der Waals surface area contributed by atoms with Crippen LogP contribution in [0.25, 0.3) is 0 Å². The second-order valence-corrected chi connectivity index (χ2v) is 6.30. The molecule has 0 amide bonds. The largest absolute Gasteiger partial charge is 0.411 e. The Balaban J connectivity index is 1.99. The van der Waals surface area contributed by atoms with E-state index >= 15 is 0 Å². The van der Waals surface area contributed by atoms with Crippen molar-refractivity contribution in [1.82, 2.24) is 20.1 Å². The average molecular weight is 306 g/mol. The summed E-state index contributed by atoms with van der Waals surface area (Å²) < 4.78 is 42.7. The topological polar surface area (TPSA) is 52.0 Å². The Morgan fingerprint density at radius 2 is 2.00 bits per heavy atom. The van der Waals surface area contributed by atoms with E-state index in [2.05, 4.69) is 41.0 Å². The van der Waals surface area contributed by atoms with Crippen LogP contribution in [0, 0.1) is 5.41 Å². The van der Waals surface area contributed by atoms with E-state index in [0.717, 1.165) is 18.9 Å². The molecule has 0 saturated heterocycles. The van der Waals surface area contributed by atoms with Gasteiger partial charge in [0.15, 0.2) is 5.82 Å². The van der Waals surface area contributed by atoms with Gasteiger partial charge in [-0.3, -0.25) is 0 Å². The summed E-state index contributed by atoms with van der Waals surface area (Å²) in [6.07, 6.45) is -3.95. The van der Waals surface area contributed by atoms with E-state index in [1.165, 1.54) is 0 Å². The lowest BCUT2D eigenvalue weighted by atomic mass is 9.85. The Hall–Kier alpha value is -1.15. The average Bonchev–Trinajstić information content (AvgIpc) is 2.75. The number of nitrogens with zero attached hydrogens (tertiary/aromatic N) is 3. The monoisotopic (exact) mass is 306 g/mol. The molecule has 0 fully saturated rings. The number of aromatic nitrogens is 3. The normalized spacial score (nSPS) is 19.6. The Labute approximate surface area is 121 Å². The first kappa shape index (κ1) is 16.2. The third-order valence-corrected chi connectivity index (χ3v) is 3.40. The number of hydrogen-bond donors (Lipinski definition) is 1. The maximum atomic E-state index is 12.0. The summed E-state index contributed by atoms with van der Waals surface area (Å²) in [5.74, 6) is 1.53. The van der Waals surface area contributed by atoms with E-state index in [1.807, 2.05) is 4.57 Å². The highest BCUT2D eigenvalue weighted by atomic mass is 19.4. The van der Waals surface area contributed by atoms with E-state index in [9.17, 15) is 13.2 Å². The lowest BCUT2D eigenvalue weighted by molar-refractivity contribution is -0.173. The first-order valence-corrected chi connectivity index (χ1v) is 6.98. The summed E-state index contributed by atoms with van der Waals surface area (Å²) in [7, 11) is 0. The molecule has 1 aliphatic heterocycles. The van der Waals surface area contributed by atoms with E-state index < -0.39 is 12.8 Å². The second-order valence-electron chi connectivity index (χ2n) is 6.30. The minimum Gasteiger partial charge on any atom is -0.372 e. The molecule has 1 aromatic heterocycles. The van der Waals surface area contributed by atoms with Crippen LogP contribution in [-0.2, 0) is 17.7 Å². The molecule has 0 aliphatic carbocycles. The third-order valence-electron chi connectivity index (χ3n) is 3.40. The van der Waals surface area contributed by atoms with Gasteiger partial charge in [0.1, 0.15) is 12.4 Å². The molecule has 2 rings (SSSR count). The van der Waals surface area contributed by atoms with Crippen molar-refractivity contribution in [2.45, 2.75) is 46.0 Å². The molecule has 1 unspecified atom stereocenters. The Morgan fingerprint density at radius 1 is 1.29 bits per heavy atom. The summed E-state index contributed by atoms with van der Waals surface area (Å²) in [6.45, 7) is 6.63. The predicted molar refractivity (Wildman–Crippen MR) is 70.8 cm³/mol. The first-order valence-electron chi connectivity index (χ1n) is 6.98. The molecule has 0 bridgehead atoms. The molecule has 0 saturated carbocycles. The molecule has 0 aromatic carbocycles. The van der Waals surface area contributed by atoms with Gasteiger partial charge in [-0.2, -0.15) is 13.2 Å². The van der Waals surface area contributed by atoms with E-state index in [1.54, 1.807) is 0 Å². The molecule has 1 N–H and O–H groups in total. The molecule has 0 radical (unpaired) electrons. The summed E-state index contributed by atoms with van der Waals surface area (Å²) in [6, 6.07) is 0.0867. The highest BCUT2D eigenvalue weighted by Crippen LogP contribution is 2.33. The van der Waals surface area contributed by atoms with Gasteiger partial charge in [-0.25, -0.2) is 0 Å². The quantitative estimate of drug-likeness (QED) is 0.866. The lowest BCUT2D eigenvalue weighted by Crippen LogP contribution is -2.41.